The summed E-state index contributed by atoms with van der Waals surface area (Å²) in [5, 5.41) is 3.35. The third-order valence-corrected chi connectivity index (χ3v) is 3.97. The van der Waals surface area contributed by atoms with Gasteiger partial charge in [-0.3, -0.25) is 0 Å². The molecule has 4 rings (SSSR count). The molecule has 1 aromatic heterocycles. The fourth-order valence-electron chi connectivity index (χ4n) is 2.85. The van der Waals surface area contributed by atoms with E-state index in [-0.39, 0.29) is 6.79 Å². The maximum atomic E-state index is 5.39. The van der Waals surface area contributed by atoms with E-state index in [9.17, 15) is 0 Å². The largest absolute Gasteiger partial charge is 0.454 e. The molecule has 0 spiro atoms. The predicted octanol–water partition coefficient (Wildman–Crippen LogP) is 3.86. The second-order valence-electron chi connectivity index (χ2n) is 5.73. The smallest absolute Gasteiger partial charge is 0.231 e. The lowest BCUT2D eigenvalue weighted by atomic mass is 10.1. The number of aryl methyl sites for hydroxylation is 1. The predicted molar refractivity (Wildman–Crippen MR) is 90.0 cm³/mol. The van der Waals surface area contributed by atoms with Crippen LogP contribution < -0.4 is 14.8 Å². The lowest BCUT2D eigenvalue weighted by Crippen LogP contribution is -2.01. The number of ether oxygens (including phenoxy) is 2. The second kappa shape index (κ2) is 5.83. The van der Waals surface area contributed by atoms with Gasteiger partial charge < -0.3 is 19.8 Å². The number of nitrogens with one attached hydrogen (secondary N) is 2. The van der Waals surface area contributed by atoms with E-state index in [0.717, 1.165) is 47.9 Å². The molecular weight excluding hydrogens is 290 g/mol. The number of rotatable bonds is 5. The highest BCUT2D eigenvalue weighted by atomic mass is 16.7. The molecule has 3 aromatic rings. The Labute approximate surface area is 134 Å². The quantitative estimate of drug-likeness (QED) is 0.751. The number of aromatic nitrogens is 2. The molecular formula is C18H19N3O2. The van der Waals surface area contributed by atoms with Crippen molar-refractivity contribution in [1.82, 2.24) is 9.97 Å². The number of anilines is 1. The van der Waals surface area contributed by atoms with E-state index in [1.54, 1.807) is 0 Å². The van der Waals surface area contributed by atoms with Gasteiger partial charge in [0.25, 0.3) is 0 Å². The molecule has 0 saturated carbocycles. The molecule has 0 bridgehead atoms. The van der Waals surface area contributed by atoms with Crippen molar-refractivity contribution in [1.29, 1.82) is 0 Å². The van der Waals surface area contributed by atoms with Crippen LogP contribution in [0.5, 0.6) is 11.5 Å². The summed E-state index contributed by atoms with van der Waals surface area (Å²) < 4.78 is 10.8. The van der Waals surface area contributed by atoms with E-state index in [4.69, 9.17) is 9.47 Å². The zero-order valence-electron chi connectivity index (χ0n) is 13.1. The van der Waals surface area contributed by atoms with Gasteiger partial charge in [0.1, 0.15) is 0 Å². The molecule has 0 amide bonds. The van der Waals surface area contributed by atoms with Crippen LogP contribution in [0.2, 0.25) is 0 Å². The summed E-state index contributed by atoms with van der Waals surface area (Å²) in [4.78, 5) is 7.84. The Morgan fingerprint density at radius 3 is 2.83 bits per heavy atom. The van der Waals surface area contributed by atoms with Crippen molar-refractivity contribution < 1.29 is 9.47 Å². The summed E-state index contributed by atoms with van der Waals surface area (Å²) in [5.41, 5.74) is 4.45. The lowest BCUT2D eigenvalue weighted by Gasteiger charge is -2.05. The van der Waals surface area contributed by atoms with E-state index in [0.29, 0.717) is 0 Å². The standard InChI is InChI=1S/C18H19N3O2/c1-2-4-12-5-3-6-13(7-12)10-19-18-20-14-8-16-17(23-11-22-16)9-15(14)21-18/h3,5-9H,2,4,10-11H2,1H3,(H2,19,20,21). The van der Waals surface area contributed by atoms with Crippen LogP contribution in [-0.4, -0.2) is 16.8 Å². The average molecular weight is 309 g/mol. The summed E-state index contributed by atoms with van der Waals surface area (Å²) in [7, 11) is 0. The van der Waals surface area contributed by atoms with E-state index in [1.807, 2.05) is 12.1 Å². The molecule has 0 unspecified atom stereocenters. The molecule has 23 heavy (non-hydrogen) atoms. The van der Waals surface area contributed by atoms with Crippen molar-refractivity contribution in [3.05, 3.63) is 47.5 Å². The van der Waals surface area contributed by atoms with Crippen molar-refractivity contribution in [2.24, 2.45) is 0 Å². The Bertz CT molecular complexity index is 800. The number of aromatic amines is 1. The second-order valence-corrected chi connectivity index (χ2v) is 5.73. The van der Waals surface area contributed by atoms with E-state index < -0.39 is 0 Å². The van der Waals surface area contributed by atoms with Gasteiger partial charge >= 0.3 is 0 Å². The number of imidazole rings is 1. The Morgan fingerprint density at radius 1 is 1.13 bits per heavy atom. The molecule has 1 aliphatic heterocycles. The summed E-state index contributed by atoms with van der Waals surface area (Å²) in [6.07, 6.45) is 2.28. The molecule has 0 aliphatic carbocycles. The van der Waals surface area contributed by atoms with Crippen LogP contribution in [0.25, 0.3) is 11.0 Å². The first-order chi connectivity index (χ1) is 11.3. The Morgan fingerprint density at radius 2 is 1.96 bits per heavy atom. The van der Waals surface area contributed by atoms with Gasteiger partial charge in [0.15, 0.2) is 11.5 Å². The fourth-order valence-corrected chi connectivity index (χ4v) is 2.85. The Balaban J connectivity index is 1.51. The molecule has 2 N–H and O–H groups in total. The average Bonchev–Trinajstić information content (AvgIpc) is 3.16. The lowest BCUT2D eigenvalue weighted by molar-refractivity contribution is 0.174. The third kappa shape index (κ3) is 2.82. The van der Waals surface area contributed by atoms with Crippen molar-refractivity contribution >= 4 is 17.0 Å². The first-order valence-electron chi connectivity index (χ1n) is 7.93. The Kier molecular flexibility index (Phi) is 3.54. The molecule has 0 fully saturated rings. The Hall–Kier alpha value is -2.69. The highest BCUT2D eigenvalue weighted by molar-refractivity contribution is 5.81. The molecule has 0 saturated heterocycles. The highest BCUT2D eigenvalue weighted by Gasteiger charge is 2.16. The number of hydrogen-bond donors (Lipinski definition) is 2. The van der Waals surface area contributed by atoms with Crippen LogP contribution in [-0.2, 0) is 13.0 Å². The van der Waals surface area contributed by atoms with Gasteiger partial charge in [-0.25, -0.2) is 4.98 Å². The summed E-state index contributed by atoms with van der Waals surface area (Å²) >= 11 is 0. The normalized spacial score (nSPS) is 12.7. The zero-order chi connectivity index (χ0) is 15.6. The van der Waals surface area contributed by atoms with E-state index >= 15 is 0 Å². The summed E-state index contributed by atoms with van der Waals surface area (Å²) in [6.45, 7) is 3.22. The number of H-pyrrole nitrogens is 1. The molecule has 0 radical (unpaired) electrons. The number of benzene rings is 2. The maximum absolute atomic E-state index is 5.39. The van der Waals surface area contributed by atoms with Crippen molar-refractivity contribution in [2.45, 2.75) is 26.3 Å². The minimum atomic E-state index is 0.279. The van der Waals surface area contributed by atoms with E-state index in [1.165, 1.54) is 11.1 Å². The van der Waals surface area contributed by atoms with Crippen molar-refractivity contribution in [3.8, 4) is 11.5 Å². The van der Waals surface area contributed by atoms with Gasteiger partial charge in [-0.2, -0.15) is 0 Å². The maximum Gasteiger partial charge on any atom is 0.231 e. The minimum Gasteiger partial charge on any atom is -0.454 e. The van der Waals surface area contributed by atoms with Gasteiger partial charge in [-0.1, -0.05) is 37.6 Å². The monoisotopic (exact) mass is 309 g/mol. The number of nitrogens with zero attached hydrogens (tertiary/aromatic N) is 1. The first-order valence-corrected chi connectivity index (χ1v) is 7.93. The molecule has 2 aromatic carbocycles. The van der Waals surface area contributed by atoms with Gasteiger partial charge in [-0.15, -0.1) is 0 Å². The summed E-state index contributed by atoms with van der Waals surface area (Å²) in [5.74, 6) is 2.27. The van der Waals surface area contributed by atoms with Gasteiger partial charge in [0.05, 0.1) is 11.0 Å². The van der Waals surface area contributed by atoms with Gasteiger partial charge in [0.2, 0.25) is 12.7 Å². The van der Waals surface area contributed by atoms with E-state index in [2.05, 4.69) is 46.5 Å². The SMILES string of the molecule is CCCc1cccc(CNc2nc3cc4c(cc3[nH]2)OCO4)c1. The number of fused-ring (bicyclic) bond motifs is 2. The fraction of sp³-hybridized carbons (Fsp3) is 0.278. The molecule has 1 aliphatic rings. The number of hydrogen-bond acceptors (Lipinski definition) is 4. The first kappa shape index (κ1) is 13.9. The van der Waals surface area contributed by atoms with Crippen molar-refractivity contribution in [3.63, 3.8) is 0 Å². The van der Waals surface area contributed by atoms with Crippen LogP contribution in [0.3, 0.4) is 0 Å². The summed E-state index contributed by atoms with van der Waals surface area (Å²) in [6, 6.07) is 12.5. The molecule has 5 nitrogen and oxygen atoms in total. The minimum absolute atomic E-state index is 0.279. The third-order valence-electron chi connectivity index (χ3n) is 3.97. The molecule has 5 heteroatoms. The van der Waals surface area contributed by atoms with Crippen LogP contribution in [0.15, 0.2) is 36.4 Å². The van der Waals surface area contributed by atoms with Crippen LogP contribution in [0, 0.1) is 0 Å². The van der Waals surface area contributed by atoms with Crippen LogP contribution in [0.1, 0.15) is 24.5 Å². The molecule has 118 valence electrons. The molecule has 2 heterocycles. The van der Waals surface area contributed by atoms with Crippen LogP contribution >= 0.6 is 0 Å². The van der Waals surface area contributed by atoms with Gasteiger partial charge in [-0.05, 0) is 17.5 Å². The molecule has 0 atom stereocenters. The van der Waals surface area contributed by atoms with Crippen molar-refractivity contribution in [2.75, 3.05) is 12.1 Å². The highest BCUT2D eigenvalue weighted by Crippen LogP contribution is 2.35. The van der Waals surface area contributed by atoms with Crippen LogP contribution in [0.4, 0.5) is 5.95 Å². The topological polar surface area (TPSA) is 59.2 Å². The van der Waals surface area contributed by atoms with Gasteiger partial charge in [0, 0.05) is 18.7 Å². The zero-order valence-corrected chi connectivity index (χ0v) is 13.1.